The van der Waals surface area contributed by atoms with Crippen molar-refractivity contribution < 1.29 is 13.6 Å². The van der Waals surface area contributed by atoms with E-state index in [9.17, 15) is 9.18 Å². The van der Waals surface area contributed by atoms with Crippen LogP contribution in [0.1, 0.15) is 30.2 Å². The second kappa shape index (κ2) is 3.05. The number of rotatable bonds is 3. The normalized spacial score (nSPS) is 11.6. The number of hydrogen-bond donors (Lipinski definition) is 0. The van der Waals surface area contributed by atoms with Gasteiger partial charge in [-0.05, 0) is 13.8 Å². The van der Waals surface area contributed by atoms with Gasteiger partial charge in [0, 0.05) is 6.42 Å². The van der Waals surface area contributed by atoms with Crippen LogP contribution in [0.2, 0.25) is 0 Å². The standard InChI is InChI=1S/C8H10FNO2/c1-8(2,9)3-6-5-12-7(4-11)10-6/h4-5H,3H2,1-2H3. The van der Waals surface area contributed by atoms with Gasteiger partial charge >= 0.3 is 0 Å². The SMILES string of the molecule is CC(C)(F)Cc1coc(C=O)n1. The molecule has 0 amide bonds. The molecule has 0 aromatic carbocycles. The van der Waals surface area contributed by atoms with Crippen molar-refractivity contribution in [1.29, 1.82) is 0 Å². The lowest BCUT2D eigenvalue weighted by Gasteiger charge is -2.10. The van der Waals surface area contributed by atoms with E-state index in [1.165, 1.54) is 20.1 Å². The summed E-state index contributed by atoms with van der Waals surface area (Å²) in [5.74, 6) is -0.00532. The van der Waals surface area contributed by atoms with Gasteiger partial charge in [0.2, 0.25) is 6.29 Å². The van der Waals surface area contributed by atoms with Crippen LogP contribution in [-0.4, -0.2) is 16.9 Å². The molecule has 0 radical (unpaired) electrons. The quantitative estimate of drug-likeness (QED) is 0.651. The molecule has 0 N–H and O–H groups in total. The van der Waals surface area contributed by atoms with Gasteiger partial charge in [0.05, 0.1) is 5.69 Å². The molecule has 0 aliphatic carbocycles. The first-order valence-corrected chi connectivity index (χ1v) is 3.60. The van der Waals surface area contributed by atoms with E-state index in [0.717, 1.165) is 0 Å². The summed E-state index contributed by atoms with van der Waals surface area (Å²) < 4.78 is 17.7. The molecule has 1 aromatic rings. The zero-order chi connectivity index (χ0) is 9.19. The molecule has 4 heteroatoms. The highest BCUT2D eigenvalue weighted by atomic mass is 19.1. The summed E-state index contributed by atoms with van der Waals surface area (Å²) >= 11 is 0. The predicted octanol–water partition coefficient (Wildman–Crippen LogP) is 1.78. The summed E-state index contributed by atoms with van der Waals surface area (Å²) in [4.78, 5) is 13.9. The van der Waals surface area contributed by atoms with Gasteiger partial charge in [-0.15, -0.1) is 0 Å². The predicted molar refractivity (Wildman–Crippen MR) is 40.8 cm³/mol. The third kappa shape index (κ3) is 2.45. The van der Waals surface area contributed by atoms with Gasteiger partial charge in [-0.3, -0.25) is 4.79 Å². The van der Waals surface area contributed by atoms with Crippen LogP contribution >= 0.6 is 0 Å². The van der Waals surface area contributed by atoms with E-state index in [4.69, 9.17) is 4.42 Å². The van der Waals surface area contributed by atoms with E-state index in [-0.39, 0.29) is 12.3 Å². The topological polar surface area (TPSA) is 43.1 Å². The third-order valence-corrected chi connectivity index (χ3v) is 1.27. The number of halogens is 1. The van der Waals surface area contributed by atoms with Gasteiger partial charge in [-0.25, -0.2) is 9.37 Å². The van der Waals surface area contributed by atoms with Crippen LogP contribution in [0, 0.1) is 0 Å². The fraction of sp³-hybridized carbons (Fsp3) is 0.500. The molecule has 1 rings (SSSR count). The third-order valence-electron chi connectivity index (χ3n) is 1.27. The fourth-order valence-electron chi connectivity index (χ4n) is 0.889. The second-order valence-electron chi connectivity index (χ2n) is 3.19. The number of alkyl halides is 1. The molecule has 3 nitrogen and oxygen atoms in total. The number of hydrogen-bond acceptors (Lipinski definition) is 3. The molecule has 1 aromatic heterocycles. The number of carbonyl (C=O) groups excluding carboxylic acids is 1. The van der Waals surface area contributed by atoms with E-state index < -0.39 is 5.67 Å². The average molecular weight is 171 g/mol. The molecular weight excluding hydrogens is 161 g/mol. The highest BCUT2D eigenvalue weighted by molar-refractivity contribution is 5.67. The van der Waals surface area contributed by atoms with Gasteiger partial charge in [0.25, 0.3) is 5.89 Å². The van der Waals surface area contributed by atoms with Crippen LogP contribution in [0.25, 0.3) is 0 Å². The molecule has 1 heterocycles. The van der Waals surface area contributed by atoms with Gasteiger partial charge in [0.1, 0.15) is 11.9 Å². The van der Waals surface area contributed by atoms with Crippen LogP contribution in [0.3, 0.4) is 0 Å². The molecule has 0 aliphatic rings. The summed E-state index contributed by atoms with van der Waals surface area (Å²) in [6.07, 6.45) is 1.95. The fourth-order valence-corrected chi connectivity index (χ4v) is 0.889. The van der Waals surface area contributed by atoms with Crippen molar-refractivity contribution in [2.75, 3.05) is 0 Å². The van der Waals surface area contributed by atoms with Crippen molar-refractivity contribution in [2.45, 2.75) is 25.9 Å². The smallest absolute Gasteiger partial charge is 0.259 e. The zero-order valence-electron chi connectivity index (χ0n) is 7.00. The number of nitrogens with zero attached hydrogens (tertiary/aromatic N) is 1. The molecular formula is C8H10FNO2. The Balaban J connectivity index is 2.70. The van der Waals surface area contributed by atoms with Crippen LogP contribution in [0.4, 0.5) is 4.39 Å². The maximum absolute atomic E-state index is 13.0. The first-order valence-electron chi connectivity index (χ1n) is 3.60. The van der Waals surface area contributed by atoms with Gasteiger partial charge < -0.3 is 4.42 Å². The van der Waals surface area contributed by atoms with Crippen LogP contribution in [0.15, 0.2) is 10.7 Å². The maximum Gasteiger partial charge on any atom is 0.259 e. The number of carbonyl (C=O) groups is 1. The van der Waals surface area contributed by atoms with Crippen molar-refractivity contribution in [3.8, 4) is 0 Å². The summed E-state index contributed by atoms with van der Waals surface area (Å²) in [5, 5.41) is 0. The monoisotopic (exact) mass is 171 g/mol. The largest absolute Gasteiger partial charge is 0.442 e. The molecule has 0 fully saturated rings. The maximum atomic E-state index is 13.0. The average Bonchev–Trinajstić information content (AvgIpc) is 2.32. The zero-order valence-corrected chi connectivity index (χ0v) is 7.00. The summed E-state index contributed by atoms with van der Waals surface area (Å²) in [6.45, 7) is 2.89. The van der Waals surface area contributed by atoms with Crippen molar-refractivity contribution in [3.05, 3.63) is 17.8 Å². The molecule has 0 unspecified atom stereocenters. The Hall–Kier alpha value is -1.19. The number of aromatic nitrogens is 1. The second-order valence-corrected chi connectivity index (χ2v) is 3.19. The highest BCUT2D eigenvalue weighted by Crippen LogP contribution is 2.15. The first kappa shape index (κ1) is 8.90. The first-order chi connectivity index (χ1) is 5.51. The van der Waals surface area contributed by atoms with Crippen molar-refractivity contribution in [2.24, 2.45) is 0 Å². The van der Waals surface area contributed by atoms with Crippen LogP contribution in [0.5, 0.6) is 0 Å². The number of aldehydes is 1. The van der Waals surface area contributed by atoms with Gasteiger partial charge in [0.15, 0.2) is 0 Å². The Morgan fingerprint density at radius 3 is 2.83 bits per heavy atom. The van der Waals surface area contributed by atoms with E-state index in [2.05, 4.69) is 4.98 Å². The van der Waals surface area contributed by atoms with Gasteiger partial charge in [-0.2, -0.15) is 0 Å². The van der Waals surface area contributed by atoms with E-state index in [1.54, 1.807) is 0 Å². The lowest BCUT2D eigenvalue weighted by atomic mass is 10.1. The molecule has 0 atom stereocenters. The van der Waals surface area contributed by atoms with E-state index in [1.807, 2.05) is 0 Å². The number of oxazole rings is 1. The van der Waals surface area contributed by atoms with Crippen molar-refractivity contribution in [1.82, 2.24) is 4.98 Å². The van der Waals surface area contributed by atoms with Crippen LogP contribution in [-0.2, 0) is 6.42 Å². The lowest BCUT2D eigenvalue weighted by Crippen LogP contribution is -2.15. The van der Waals surface area contributed by atoms with Crippen molar-refractivity contribution >= 4 is 6.29 Å². The van der Waals surface area contributed by atoms with E-state index >= 15 is 0 Å². The Morgan fingerprint density at radius 2 is 2.42 bits per heavy atom. The molecule has 0 aliphatic heterocycles. The minimum Gasteiger partial charge on any atom is -0.442 e. The highest BCUT2D eigenvalue weighted by Gasteiger charge is 2.18. The summed E-state index contributed by atoms with van der Waals surface area (Å²) in [7, 11) is 0. The van der Waals surface area contributed by atoms with Crippen molar-refractivity contribution in [3.63, 3.8) is 0 Å². The molecule has 0 bridgehead atoms. The molecule has 0 saturated heterocycles. The summed E-state index contributed by atoms with van der Waals surface area (Å²) in [6, 6.07) is 0. The molecule has 12 heavy (non-hydrogen) atoms. The Labute approximate surface area is 69.6 Å². The Kier molecular flexibility index (Phi) is 2.26. The Morgan fingerprint density at radius 1 is 1.75 bits per heavy atom. The Bertz CT molecular complexity index is 275. The molecule has 66 valence electrons. The van der Waals surface area contributed by atoms with E-state index in [0.29, 0.717) is 12.0 Å². The molecule has 0 saturated carbocycles. The molecule has 0 spiro atoms. The minimum atomic E-state index is -1.32. The lowest BCUT2D eigenvalue weighted by molar-refractivity contribution is 0.109. The van der Waals surface area contributed by atoms with Gasteiger partial charge in [-0.1, -0.05) is 0 Å². The minimum absolute atomic E-state index is 0.00532. The summed E-state index contributed by atoms with van der Waals surface area (Å²) in [5.41, 5.74) is -0.860. The van der Waals surface area contributed by atoms with Crippen LogP contribution < -0.4 is 0 Å².